The molecule has 0 unspecified atom stereocenters. The van der Waals surface area contributed by atoms with E-state index in [1.807, 2.05) is 101 Å². The minimum atomic E-state index is -1.25. The summed E-state index contributed by atoms with van der Waals surface area (Å²) in [6.07, 6.45) is -0.458. The minimum absolute atomic E-state index is 0.0415. The van der Waals surface area contributed by atoms with Gasteiger partial charge in [0.05, 0.1) is 11.5 Å². The predicted molar refractivity (Wildman–Crippen MR) is 224 cm³/mol. The van der Waals surface area contributed by atoms with Gasteiger partial charge in [0, 0.05) is 30.9 Å². The number of carbonyl (C=O) groups is 4. The van der Waals surface area contributed by atoms with Crippen LogP contribution in [0, 0.1) is 17.3 Å². The van der Waals surface area contributed by atoms with Gasteiger partial charge in [-0.1, -0.05) is 106 Å². The molecule has 11 heteroatoms. The molecule has 1 saturated heterocycles. The fourth-order valence-electron chi connectivity index (χ4n) is 7.44. The van der Waals surface area contributed by atoms with Gasteiger partial charge in [-0.25, -0.2) is 14.4 Å². The summed E-state index contributed by atoms with van der Waals surface area (Å²) in [5.74, 6) is -3.47. The van der Waals surface area contributed by atoms with Crippen LogP contribution in [-0.4, -0.2) is 66.9 Å². The third-order valence-electron chi connectivity index (χ3n) is 10.4. The van der Waals surface area contributed by atoms with E-state index >= 15 is 0 Å². The summed E-state index contributed by atoms with van der Waals surface area (Å²) in [4.78, 5) is 53.4. The van der Waals surface area contributed by atoms with E-state index in [2.05, 4.69) is 17.4 Å². The van der Waals surface area contributed by atoms with Crippen LogP contribution in [0.2, 0.25) is 0 Å². The van der Waals surface area contributed by atoms with Crippen molar-refractivity contribution in [3.63, 3.8) is 0 Å². The molecular formula is C48H61NO10. The van der Waals surface area contributed by atoms with Crippen molar-refractivity contribution in [2.75, 3.05) is 13.2 Å². The van der Waals surface area contributed by atoms with Gasteiger partial charge in [0.15, 0.2) is 11.9 Å². The number of alkyl carbamates (subject to hydrolysis) is 1. The number of ether oxygens (including phenoxy) is 6. The maximum absolute atomic E-state index is 14.1. The van der Waals surface area contributed by atoms with Crippen LogP contribution >= 0.6 is 0 Å². The number of hydrogen-bond acceptors (Lipinski definition) is 10. The first-order chi connectivity index (χ1) is 27.7. The first-order valence-corrected chi connectivity index (χ1v) is 20.5. The number of hydrogen-bond donors (Lipinski definition) is 1. The summed E-state index contributed by atoms with van der Waals surface area (Å²) in [6.45, 7) is 18.0. The van der Waals surface area contributed by atoms with Gasteiger partial charge in [0.1, 0.15) is 24.4 Å². The third kappa shape index (κ3) is 12.0. The standard InChI is InChI=1S/C48H61NO10/c1-30(2)27-39(56-44(52)47(7,8)29-49-45(53)54-28-37-35-23-16-14-21-33(35)34-22-15-17-24-36(34)37)43(51)55-38(25-18-26-40(50)57-46(4,5)6)31(3)41-42(59-48(9,10)58-41)32-19-12-11-13-20-32/h11-24,26,30-31,37-39,41-42H,25,27-29H2,1-10H3,(H,49,53)/b26-18+/t31-,38-,39-,41+,42+/m0/s1. The molecule has 0 radical (unpaired) electrons. The molecular weight excluding hydrogens is 751 g/mol. The molecule has 0 spiro atoms. The van der Waals surface area contributed by atoms with E-state index in [0.29, 0.717) is 0 Å². The molecule has 3 aromatic carbocycles. The molecule has 1 fully saturated rings. The Bertz CT molecular complexity index is 1920. The van der Waals surface area contributed by atoms with Crippen molar-refractivity contribution < 1.29 is 47.6 Å². The Hall–Kier alpha value is -5.00. The highest BCUT2D eigenvalue weighted by Crippen LogP contribution is 2.45. The van der Waals surface area contributed by atoms with Crippen LogP contribution in [0.3, 0.4) is 0 Å². The lowest BCUT2D eigenvalue weighted by Gasteiger charge is -2.32. The normalized spacial score (nSPS) is 19.0. The van der Waals surface area contributed by atoms with Crippen molar-refractivity contribution in [1.82, 2.24) is 5.32 Å². The number of nitrogens with one attached hydrogen (secondary N) is 1. The number of fused-ring (bicyclic) bond motifs is 3. The molecule has 0 bridgehead atoms. The quantitative estimate of drug-likeness (QED) is 0.0847. The first kappa shape index (κ1) is 45.1. The van der Waals surface area contributed by atoms with Crippen molar-refractivity contribution in [1.29, 1.82) is 0 Å². The van der Waals surface area contributed by atoms with Crippen LogP contribution in [0.25, 0.3) is 11.1 Å². The average Bonchev–Trinajstić information content (AvgIpc) is 3.68. The number of carbonyl (C=O) groups excluding carboxylic acids is 4. The molecule has 1 heterocycles. The summed E-state index contributed by atoms with van der Waals surface area (Å²) in [6, 6.07) is 25.8. The monoisotopic (exact) mass is 811 g/mol. The highest BCUT2D eigenvalue weighted by molar-refractivity contribution is 5.83. The largest absolute Gasteiger partial charge is 0.459 e. The second-order valence-corrected chi connectivity index (χ2v) is 18.0. The molecule has 59 heavy (non-hydrogen) atoms. The van der Waals surface area contributed by atoms with Gasteiger partial charge < -0.3 is 33.7 Å². The summed E-state index contributed by atoms with van der Waals surface area (Å²) >= 11 is 0. The van der Waals surface area contributed by atoms with Gasteiger partial charge >= 0.3 is 24.0 Å². The molecule has 318 valence electrons. The zero-order valence-electron chi connectivity index (χ0n) is 36.1. The molecule has 1 N–H and O–H groups in total. The Morgan fingerprint density at radius 2 is 1.41 bits per heavy atom. The van der Waals surface area contributed by atoms with Crippen molar-refractivity contribution in [2.24, 2.45) is 17.3 Å². The smallest absolute Gasteiger partial charge is 0.407 e. The van der Waals surface area contributed by atoms with E-state index in [9.17, 15) is 19.2 Å². The zero-order chi connectivity index (χ0) is 43.1. The van der Waals surface area contributed by atoms with Crippen LogP contribution in [0.15, 0.2) is 91.0 Å². The zero-order valence-corrected chi connectivity index (χ0v) is 36.1. The lowest BCUT2D eigenvalue weighted by molar-refractivity contribution is -0.182. The van der Waals surface area contributed by atoms with Gasteiger partial charge in [0.2, 0.25) is 0 Å². The van der Waals surface area contributed by atoms with Gasteiger partial charge in [-0.05, 0) is 88.6 Å². The topological polar surface area (TPSA) is 136 Å². The Morgan fingerprint density at radius 1 is 0.814 bits per heavy atom. The number of benzene rings is 3. The molecule has 5 rings (SSSR count). The van der Waals surface area contributed by atoms with Crippen LogP contribution in [-0.2, 0) is 42.8 Å². The van der Waals surface area contributed by atoms with E-state index in [-0.39, 0.29) is 37.8 Å². The summed E-state index contributed by atoms with van der Waals surface area (Å²) < 4.78 is 36.1. The van der Waals surface area contributed by atoms with Crippen LogP contribution in [0.5, 0.6) is 0 Å². The third-order valence-corrected chi connectivity index (χ3v) is 10.4. The van der Waals surface area contributed by atoms with Crippen molar-refractivity contribution >= 4 is 24.0 Å². The van der Waals surface area contributed by atoms with E-state index in [0.717, 1.165) is 27.8 Å². The molecule has 1 amide bonds. The second-order valence-electron chi connectivity index (χ2n) is 18.0. The van der Waals surface area contributed by atoms with Gasteiger partial charge in [-0.3, -0.25) is 4.79 Å². The fraction of sp³-hybridized carbons (Fsp3) is 0.500. The van der Waals surface area contributed by atoms with E-state index < -0.39 is 71.1 Å². The summed E-state index contributed by atoms with van der Waals surface area (Å²) in [5, 5.41) is 2.72. The predicted octanol–water partition coefficient (Wildman–Crippen LogP) is 9.24. The SMILES string of the molecule is CC(C)C[C@H](OC(=O)C(C)(C)CNC(=O)OCC1c2ccccc2-c2ccccc21)C(=O)O[C@@H](C/C=C/C(=O)OC(C)(C)C)[C@H](C)[C@H]1OC(C)(C)O[C@@H]1c1ccccc1. The molecule has 1 aliphatic heterocycles. The number of amides is 1. The van der Waals surface area contributed by atoms with E-state index in [4.69, 9.17) is 28.4 Å². The Balaban J connectivity index is 1.26. The fourth-order valence-corrected chi connectivity index (χ4v) is 7.44. The molecule has 1 aliphatic carbocycles. The van der Waals surface area contributed by atoms with E-state index in [1.54, 1.807) is 40.7 Å². The van der Waals surface area contributed by atoms with Gasteiger partial charge in [0.25, 0.3) is 0 Å². The highest BCUT2D eigenvalue weighted by Gasteiger charge is 2.47. The lowest BCUT2D eigenvalue weighted by Crippen LogP contribution is -2.44. The molecule has 11 nitrogen and oxygen atoms in total. The molecule has 2 aliphatic rings. The number of rotatable bonds is 16. The summed E-state index contributed by atoms with van der Waals surface area (Å²) in [7, 11) is 0. The highest BCUT2D eigenvalue weighted by atomic mass is 16.8. The average molecular weight is 812 g/mol. The Kier molecular flexibility index (Phi) is 14.5. The Morgan fingerprint density at radius 3 is 2.00 bits per heavy atom. The number of esters is 3. The van der Waals surface area contributed by atoms with Gasteiger partial charge in [-0.15, -0.1) is 0 Å². The summed E-state index contributed by atoms with van der Waals surface area (Å²) in [5.41, 5.74) is 3.42. The molecule has 3 aromatic rings. The van der Waals surface area contributed by atoms with Crippen molar-refractivity contribution in [2.45, 2.75) is 124 Å². The molecule has 0 saturated carbocycles. The maximum atomic E-state index is 14.1. The first-order valence-electron chi connectivity index (χ1n) is 20.5. The second kappa shape index (κ2) is 18.9. The molecule has 0 aromatic heterocycles. The maximum Gasteiger partial charge on any atom is 0.407 e. The van der Waals surface area contributed by atoms with Crippen molar-refractivity contribution in [3.8, 4) is 11.1 Å². The van der Waals surface area contributed by atoms with Crippen LogP contribution in [0.1, 0.15) is 111 Å². The van der Waals surface area contributed by atoms with Gasteiger partial charge in [-0.2, -0.15) is 0 Å². The minimum Gasteiger partial charge on any atom is -0.459 e. The van der Waals surface area contributed by atoms with Crippen molar-refractivity contribution in [3.05, 3.63) is 108 Å². The van der Waals surface area contributed by atoms with Crippen LogP contribution in [0.4, 0.5) is 4.79 Å². The molecule has 5 atom stereocenters. The lowest BCUT2D eigenvalue weighted by atomic mass is 9.89. The van der Waals surface area contributed by atoms with E-state index in [1.165, 1.54) is 6.08 Å². The Labute approximate surface area is 349 Å². The van der Waals surface area contributed by atoms with Crippen LogP contribution < -0.4 is 5.32 Å².